The Balaban J connectivity index is 2.10. The van der Waals surface area contributed by atoms with Crippen LogP contribution < -0.4 is 0 Å². The molecular formula is C8H8N2OS3. The molecule has 2 heterocycles. The van der Waals surface area contributed by atoms with Gasteiger partial charge in [-0.3, -0.25) is 0 Å². The van der Waals surface area contributed by atoms with Gasteiger partial charge in [0.05, 0.1) is 10.6 Å². The average Bonchev–Trinajstić information content (AvgIpc) is 2.85. The van der Waals surface area contributed by atoms with Crippen molar-refractivity contribution in [3.8, 4) is 10.8 Å². The van der Waals surface area contributed by atoms with Gasteiger partial charge in [0, 0.05) is 5.08 Å². The first kappa shape index (κ1) is 10.1. The maximum Gasteiger partial charge on any atom is 0.257 e. The van der Waals surface area contributed by atoms with Crippen molar-refractivity contribution in [2.24, 2.45) is 0 Å². The zero-order valence-corrected chi connectivity index (χ0v) is 9.74. The van der Waals surface area contributed by atoms with E-state index in [2.05, 4.69) is 22.8 Å². The summed E-state index contributed by atoms with van der Waals surface area (Å²) in [7, 11) is 0. The fourth-order valence-electron chi connectivity index (χ4n) is 0.945. The van der Waals surface area contributed by atoms with Crippen molar-refractivity contribution in [3.05, 3.63) is 23.4 Å². The summed E-state index contributed by atoms with van der Waals surface area (Å²) >= 11 is 7.33. The summed E-state index contributed by atoms with van der Waals surface area (Å²) in [6, 6.07) is 3.93. The van der Waals surface area contributed by atoms with Crippen LogP contribution >= 0.6 is 35.7 Å². The first-order chi connectivity index (χ1) is 6.90. The minimum absolute atomic E-state index is 0.606. The Morgan fingerprint density at radius 3 is 3.14 bits per heavy atom. The summed E-state index contributed by atoms with van der Waals surface area (Å²) in [6.07, 6.45) is 0. The summed E-state index contributed by atoms with van der Waals surface area (Å²) in [5, 5.41) is 10.7. The van der Waals surface area contributed by atoms with Crippen LogP contribution in [0.1, 0.15) is 5.89 Å². The Morgan fingerprint density at radius 1 is 1.50 bits per heavy atom. The zero-order valence-electron chi connectivity index (χ0n) is 7.21. The molecule has 0 saturated carbocycles. The van der Waals surface area contributed by atoms with Gasteiger partial charge in [0.2, 0.25) is 5.89 Å². The third kappa shape index (κ3) is 2.31. The fourth-order valence-corrected chi connectivity index (χ4v) is 2.25. The van der Waals surface area contributed by atoms with Crippen molar-refractivity contribution in [1.82, 2.24) is 10.2 Å². The lowest BCUT2D eigenvalue weighted by Gasteiger charge is -1.89. The molecule has 0 N–H and O–H groups in total. The maximum absolute atomic E-state index is 5.46. The monoisotopic (exact) mass is 244 g/mol. The van der Waals surface area contributed by atoms with Crippen molar-refractivity contribution < 1.29 is 4.42 Å². The highest BCUT2D eigenvalue weighted by Crippen LogP contribution is 2.24. The van der Waals surface area contributed by atoms with Crippen LogP contribution in [0.3, 0.4) is 0 Å². The molecule has 0 aliphatic heterocycles. The van der Waals surface area contributed by atoms with Gasteiger partial charge in [0.1, 0.15) is 0 Å². The molecule has 0 atom stereocenters. The molecule has 14 heavy (non-hydrogen) atoms. The molecule has 0 saturated heterocycles. The molecule has 6 heteroatoms. The third-order valence-corrected chi connectivity index (χ3v) is 3.55. The Morgan fingerprint density at radius 2 is 2.43 bits per heavy atom. The Hall–Kier alpha value is -0.460. The summed E-state index contributed by atoms with van der Waals surface area (Å²) in [6.45, 7) is 0. The molecule has 2 rings (SSSR count). The summed E-state index contributed by atoms with van der Waals surface area (Å²) in [5.41, 5.74) is 0. The molecule has 0 bridgehead atoms. The summed E-state index contributed by atoms with van der Waals surface area (Å²) < 4.78 is 5.46. The summed E-state index contributed by atoms with van der Waals surface area (Å²) in [4.78, 5) is 1.01. The highest BCUT2D eigenvalue weighted by molar-refractivity contribution is 8.08. The average molecular weight is 244 g/mol. The van der Waals surface area contributed by atoms with Crippen molar-refractivity contribution in [2.75, 3.05) is 5.08 Å². The normalized spacial score (nSPS) is 10.6. The molecule has 2 aromatic rings. The molecule has 0 spiro atoms. The second kappa shape index (κ2) is 4.86. The first-order valence-electron chi connectivity index (χ1n) is 3.95. The quantitative estimate of drug-likeness (QED) is 0.663. The van der Waals surface area contributed by atoms with Crippen molar-refractivity contribution in [2.45, 2.75) is 5.75 Å². The fraction of sp³-hybridized carbons (Fsp3) is 0.250. The SMILES string of the molecule is SCSCc1nnc(-c2cccs2)o1. The molecule has 2 aromatic heterocycles. The van der Waals surface area contributed by atoms with Crippen LogP contribution in [0.2, 0.25) is 0 Å². The van der Waals surface area contributed by atoms with Crippen LogP contribution in [-0.4, -0.2) is 15.3 Å². The van der Waals surface area contributed by atoms with E-state index in [4.69, 9.17) is 4.42 Å². The number of thiol groups is 1. The Kier molecular flexibility index (Phi) is 3.49. The predicted octanol–water partition coefficient (Wildman–Crippen LogP) is 2.92. The summed E-state index contributed by atoms with van der Waals surface area (Å²) in [5.74, 6) is 1.99. The van der Waals surface area contributed by atoms with Gasteiger partial charge in [-0.15, -0.1) is 33.3 Å². The van der Waals surface area contributed by atoms with Crippen molar-refractivity contribution in [1.29, 1.82) is 0 Å². The highest BCUT2D eigenvalue weighted by atomic mass is 32.2. The van der Waals surface area contributed by atoms with E-state index in [0.717, 1.165) is 15.7 Å². The van der Waals surface area contributed by atoms with E-state index in [0.29, 0.717) is 11.8 Å². The number of hydrogen-bond acceptors (Lipinski definition) is 6. The molecule has 0 aliphatic carbocycles. The lowest BCUT2D eigenvalue weighted by Crippen LogP contribution is -1.78. The molecule has 0 fully saturated rings. The molecule has 3 nitrogen and oxygen atoms in total. The van der Waals surface area contributed by atoms with E-state index in [9.17, 15) is 0 Å². The molecule has 0 radical (unpaired) electrons. The van der Waals surface area contributed by atoms with Gasteiger partial charge >= 0.3 is 0 Å². The lowest BCUT2D eigenvalue weighted by molar-refractivity contribution is 0.530. The van der Waals surface area contributed by atoms with Crippen molar-refractivity contribution in [3.63, 3.8) is 0 Å². The van der Waals surface area contributed by atoms with Crippen LogP contribution in [0, 0.1) is 0 Å². The number of nitrogens with zero attached hydrogens (tertiary/aromatic N) is 2. The van der Waals surface area contributed by atoms with Gasteiger partial charge < -0.3 is 4.42 Å². The van der Waals surface area contributed by atoms with Gasteiger partial charge in [0.15, 0.2) is 0 Å². The maximum atomic E-state index is 5.46. The first-order valence-corrected chi connectivity index (χ1v) is 6.61. The Bertz CT molecular complexity index is 385. The third-order valence-electron chi connectivity index (χ3n) is 1.52. The van der Waals surface area contributed by atoms with Crippen LogP contribution in [0.15, 0.2) is 21.9 Å². The Labute approximate surface area is 95.3 Å². The number of aromatic nitrogens is 2. The van der Waals surface area contributed by atoms with Crippen molar-refractivity contribution >= 4 is 35.7 Å². The number of thiophene rings is 1. The smallest absolute Gasteiger partial charge is 0.257 e. The van der Waals surface area contributed by atoms with Gasteiger partial charge in [-0.05, 0) is 11.4 Å². The second-order valence-corrected chi connectivity index (χ2v) is 5.13. The van der Waals surface area contributed by atoms with Crippen LogP contribution in [0.25, 0.3) is 10.8 Å². The number of hydrogen-bond donors (Lipinski definition) is 1. The van der Waals surface area contributed by atoms with E-state index in [-0.39, 0.29) is 0 Å². The molecule has 0 aliphatic rings. The van der Waals surface area contributed by atoms with E-state index in [1.165, 1.54) is 0 Å². The largest absolute Gasteiger partial charge is 0.419 e. The van der Waals surface area contributed by atoms with Crippen LogP contribution in [0.4, 0.5) is 0 Å². The van der Waals surface area contributed by atoms with E-state index >= 15 is 0 Å². The van der Waals surface area contributed by atoms with Gasteiger partial charge in [-0.2, -0.15) is 12.6 Å². The van der Waals surface area contributed by atoms with Crippen LogP contribution in [0.5, 0.6) is 0 Å². The molecule has 0 aromatic carbocycles. The molecule has 0 amide bonds. The van der Waals surface area contributed by atoms with Crippen LogP contribution in [-0.2, 0) is 5.75 Å². The predicted molar refractivity (Wildman–Crippen MR) is 62.8 cm³/mol. The zero-order chi connectivity index (χ0) is 9.80. The number of rotatable bonds is 4. The molecular weight excluding hydrogens is 236 g/mol. The van der Waals surface area contributed by atoms with Gasteiger partial charge in [-0.1, -0.05) is 6.07 Å². The number of thioether (sulfide) groups is 1. The molecule has 0 unspecified atom stereocenters. The van der Waals surface area contributed by atoms with Gasteiger partial charge in [-0.25, -0.2) is 0 Å². The van der Waals surface area contributed by atoms with E-state index in [1.54, 1.807) is 23.1 Å². The van der Waals surface area contributed by atoms with E-state index < -0.39 is 0 Å². The van der Waals surface area contributed by atoms with Gasteiger partial charge in [0.25, 0.3) is 5.89 Å². The standard InChI is InChI=1S/C8H8N2OS3/c12-5-13-4-7-9-10-8(11-7)6-2-1-3-14-6/h1-3,12H,4-5H2. The second-order valence-electron chi connectivity index (χ2n) is 2.46. The lowest BCUT2D eigenvalue weighted by atomic mass is 10.5. The topological polar surface area (TPSA) is 38.9 Å². The highest BCUT2D eigenvalue weighted by Gasteiger charge is 2.08. The minimum Gasteiger partial charge on any atom is -0.419 e. The minimum atomic E-state index is 0.606. The molecule has 74 valence electrons. The van der Waals surface area contributed by atoms with E-state index in [1.807, 2.05) is 17.5 Å².